The summed E-state index contributed by atoms with van der Waals surface area (Å²) < 4.78 is 5.75. The average Bonchev–Trinajstić information content (AvgIpc) is 3.33. The largest absolute Gasteiger partial charge is 0.457 e. The van der Waals surface area contributed by atoms with Crippen molar-refractivity contribution >= 4 is 75.5 Å². The van der Waals surface area contributed by atoms with Crippen molar-refractivity contribution in [1.29, 1.82) is 0 Å². The third kappa shape index (κ3) is 5.99. The standard InChI is InChI=1S/C24H19Cl3N4O4S/c25-15-4-7-19(20(14-15)31(33)34)29-10-12-30(13-11-29)24(36)28-22(32)9-6-16-5-8-21(35-16)17-2-1-3-18(26)23(17)27/h1-9,14H,10-13H2,(H,28,32,36). The maximum absolute atomic E-state index is 12.4. The minimum absolute atomic E-state index is 0.0457. The van der Waals surface area contributed by atoms with Crippen molar-refractivity contribution < 1.29 is 14.1 Å². The Balaban J connectivity index is 1.32. The zero-order valence-electron chi connectivity index (χ0n) is 18.6. The van der Waals surface area contributed by atoms with Gasteiger partial charge in [-0.3, -0.25) is 20.2 Å². The molecule has 1 N–H and O–H groups in total. The number of amides is 1. The molecule has 0 radical (unpaired) electrons. The van der Waals surface area contributed by atoms with Crippen LogP contribution in [0.4, 0.5) is 11.4 Å². The SMILES string of the molecule is O=C(C=Cc1ccc(-c2cccc(Cl)c2Cl)o1)NC(=S)N1CCN(c2ccc(Cl)cc2[N+](=O)[O-])CC1. The molecule has 0 atom stereocenters. The van der Waals surface area contributed by atoms with Gasteiger partial charge in [-0.25, -0.2) is 0 Å². The number of benzene rings is 2. The van der Waals surface area contributed by atoms with Crippen molar-refractivity contribution in [3.8, 4) is 11.3 Å². The Morgan fingerprint density at radius 1 is 1.08 bits per heavy atom. The van der Waals surface area contributed by atoms with E-state index in [0.717, 1.165) is 0 Å². The van der Waals surface area contributed by atoms with Gasteiger partial charge in [0.1, 0.15) is 17.2 Å². The summed E-state index contributed by atoms with van der Waals surface area (Å²) in [7, 11) is 0. The third-order valence-electron chi connectivity index (χ3n) is 5.51. The molecule has 0 aliphatic carbocycles. The molecular formula is C24H19Cl3N4O4S. The average molecular weight is 566 g/mol. The van der Waals surface area contributed by atoms with Gasteiger partial charge in [-0.05, 0) is 54.7 Å². The van der Waals surface area contributed by atoms with E-state index in [2.05, 4.69) is 5.32 Å². The zero-order valence-corrected chi connectivity index (χ0v) is 21.7. The van der Waals surface area contributed by atoms with Crippen molar-refractivity contribution in [2.24, 2.45) is 0 Å². The number of carbonyl (C=O) groups excluding carboxylic acids is 1. The van der Waals surface area contributed by atoms with Gasteiger partial charge >= 0.3 is 0 Å². The number of nitrogens with zero attached hydrogens (tertiary/aromatic N) is 3. The van der Waals surface area contributed by atoms with E-state index in [1.807, 2.05) is 9.80 Å². The smallest absolute Gasteiger partial charge is 0.294 e. The van der Waals surface area contributed by atoms with Crippen LogP contribution in [0.5, 0.6) is 0 Å². The molecule has 0 unspecified atom stereocenters. The molecule has 1 fully saturated rings. The van der Waals surface area contributed by atoms with E-state index in [-0.39, 0.29) is 10.8 Å². The Labute approximate surface area is 227 Å². The lowest BCUT2D eigenvalue weighted by molar-refractivity contribution is -0.384. The molecule has 1 aliphatic rings. The minimum atomic E-state index is -0.448. The minimum Gasteiger partial charge on any atom is -0.457 e. The number of anilines is 1. The summed E-state index contributed by atoms with van der Waals surface area (Å²) in [5.74, 6) is 0.576. The molecular weight excluding hydrogens is 547 g/mol. The van der Waals surface area contributed by atoms with Gasteiger partial charge in [0.05, 0.1) is 15.0 Å². The number of halogens is 3. The van der Waals surface area contributed by atoms with Crippen LogP contribution < -0.4 is 10.2 Å². The number of nitro benzene ring substituents is 1. The Morgan fingerprint density at radius 2 is 1.83 bits per heavy atom. The zero-order chi connectivity index (χ0) is 25.8. The number of furan rings is 1. The number of nitro groups is 1. The summed E-state index contributed by atoms with van der Waals surface area (Å²) in [4.78, 5) is 27.1. The fraction of sp³-hybridized carbons (Fsp3) is 0.167. The van der Waals surface area contributed by atoms with Crippen LogP contribution in [-0.2, 0) is 4.79 Å². The molecule has 1 aliphatic heterocycles. The van der Waals surface area contributed by atoms with Gasteiger partial charge in [-0.15, -0.1) is 0 Å². The highest BCUT2D eigenvalue weighted by Crippen LogP contribution is 2.34. The first-order valence-electron chi connectivity index (χ1n) is 10.7. The molecule has 0 spiro atoms. The van der Waals surface area contributed by atoms with Crippen LogP contribution in [-0.4, -0.2) is 47.0 Å². The molecule has 1 saturated heterocycles. The molecule has 3 aromatic rings. The third-order valence-corrected chi connectivity index (χ3v) is 6.93. The van der Waals surface area contributed by atoms with E-state index in [9.17, 15) is 14.9 Å². The first-order valence-corrected chi connectivity index (χ1v) is 12.3. The second kappa shape index (κ2) is 11.3. The Hall–Kier alpha value is -3.11. The van der Waals surface area contributed by atoms with Gasteiger partial charge in [0.2, 0.25) is 5.91 Å². The topological polar surface area (TPSA) is 91.9 Å². The molecule has 2 aromatic carbocycles. The van der Waals surface area contributed by atoms with Crippen LogP contribution in [0, 0.1) is 10.1 Å². The highest BCUT2D eigenvalue weighted by atomic mass is 35.5. The van der Waals surface area contributed by atoms with E-state index >= 15 is 0 Å². The summed E-state index contributed by atoms with van der Waals surface area (Å²) in [5.41, 5.74) is 1.10. The van der Waals surface area contributed by atoms with Gasteiger partial charge in [0.15, 0.2) is 5.11 Å². The fourth-order valence-electron chi connectivity index (χ4n) is 3.73. The lowest BCUT2D eigenvalue weighted by Gasteiger charge is -2.36. The van der Waals surface area contributed by atoms with Crippen LogP contribution in [0.1, 0.15) is 5.76 Å². The number of piperazine rings is 1. The Bertz CT molecular complexity index is 1350. The second-order valence-corrected chi connectivity index (χ2v) is 9.40. The Kier molecular flexibility index (Phi) is 8.15. The number of hydrogen-bond donors (Lipinski definition) is 1. The molecule has 0 saturated carbocycles. The molecule has 4 rings (SSSR count). The van der Waals surface area contributed by atoms with E-state index in [1.165, 1.54) is 18.2 Å². The van der Waals surface area contributed by atoms with Crippen LogP contribution in [0.3, 0.4) is 0 Å². The van der Waals surface area contributed by atoms with E-state index in [1.54, 1.807) is 42.5 Å². The quantitative estimate of drug-likeness (QED) is 0.174. The number of hydrogen-bond acceptors (Lipinski definition) is 6. The monoisotopic (exact) mass is 564 g/mol. The first kappa shape index (κ1) is 26.0. The number of rotatable bonds is 5. The molecule has 8 nitrogen and oxygen atoms in total. The molecule has 0 bridgehead atoms. The van der Waals surface area contributed by atoms with Gasteiger partial charge in [0.25, 0.3) is 5.69 Å². The second-order valence-electron chi connectivity index (χ2n) is 7.80. The fourth-order valence-corrected chi connectivity index (χ4v) is 4.57. The molecule has 36 heavy (non-hydrogen) atoms. The van der Waals surface area contributed by atoms with Crippen LogP contribution in [0.25, 0.3) is 17.4 Å². The maximum Gasteiger partial charge on any atom is 0.294 e. The maximum atomic E-state index is 12.4. The highest BCUT2D eigenvalue weighted by molar-refractivity contribution is 7.80. The first-order chi connectivity index (χ1) is 17.2. The molecule has 2 heterocycles. The van der Waals surface area contributed by atoms with E-state index in [4.69, 9.17) is 51.4 Å². The predicted octanol–water partition coefficient (Wildman–Crippen LogP) is 6.05. The molecule has 12 heteroatoms. The summed E-state index contributed by atoms with van der Waals surface area (Å²) in [6.45, 7) is 1.97. The summed E-state index contributed by atoms with van der Waals surface area (Å²) in [6.07, 6.45) is 2.85. The van der Waals surface area contributed by atoms with E-state index in [0.29, 0.717) is 64.0 Å². The molecule has 186 valence electrons. The summed E-state index contributed by atoms with van der Waals surface area (Å²) >= 11 is 23.6. The van der Waals surface area contributed by atoms with Gasteiger partial charge in [-0.2, -0.15) is 0 Å². The van der Waals surface area contributed by atoms with Crippen molar-refractivity contribution in [2.45, 2.75) is 0 Å². The molecule has 1 aromatic heterocycles. The highest BCUT2D eigenvalue weighted by Gasteiger charge is 2.25. The number of thiocarbonyl (C=S) groups is 1. The predicted molar refractivity (Wildman–Crippen MR) is 146 cm³/mol. The van der Waals surface area contributed by atoms with Gasteiger partial charge in [-0.1, -0.05) is 40.9 Å². The van der Waals surface area contributed by atoms with Crippen LogP contribution in [0.15, 0.2) is 59.0 Å². The normalized spacial score (nSPS) is 13.8. The lowest BCUT2D eigenvalue weighted by Crippen LogP contribution is -2.52. The van der Waals surface area contributed by atoms with Crippen molar-refractivity contribution in [3.63, 3.8) is 0 Å². The summed E-state index contributed by atoms with van der Waals surface area (Å²) in [6, 6.07) is 13.3. The van der Waals surface area contributed by atoms with Gasteiger partial charge in [0, 0.05) is 48.9 Å². The van der Waals surface area contributed by atoms with Gasteiger partial charge < -0.3 is 14.2 Å². The number of carbonyl (C=O) groups is 1. The summed E-state index contributed by atoms with van der Waals surface area (Å²) in [5, 5.41) is 15.5. The van der Waals surface area contributed by atoms with Crippen molar-refractivity contribution in [1.82, 2.24) is 10.2 Å². The van der Waals surface area contributed by atoms with Crippen LogP contribution in [0.2, 0.25) is 15.1 Å². The van der Waals surface area contributed by atoms with Crippen LogP contribution >= 0.6 is 47.0 Å². The Morgan fingerprint density at radius 3 is 2.56 bits per heavy atom. The lowest BCUT2D eigenvalue weighted by atomic mass is 10.2. The molecule has 1 amide bonds. The van der Waals surface area contributed by atoms with Crippen molar-refractivity contribution in [2.75, 3.05) is 31.1 Å². The van der Waals surface area contributed by atoms with E-state index < -0.39 is 10.8 Å². The van der Waals surface area contributed by atoms with Crippen molar-refractivity contribution in [3.05, 3.63) is 85.5 Å². The number of nitrogens with one attached hydrogen (secondary N) is 1.